The van der Waals surface area contributed by atoms with E-state index in [0.717, 1.165) is 23.4 Å². The summed E-state index contributed by atoms with van der Waals surface area (Å²) in [4.78, 5) is 12.6. The third kappa shape index (κ3) is 3.69. The molecule has 2 atom stereocenters. The van der Waals surface area contributed by atoms with Crippen molar-refractivity contribution in [3.63, 3.8) is 0 Å². The molecule has 1 aliphatic carbocycles. The van der Waals surface area contributed by atoms with Gasteiger partial charge in [-0.1, -0.05) is 24.6 Å². The van der Waals surface area contributed by atoms with Crippen molar-refractivity contribution in [3.8, 4) is 11.3 Å². The standard InChI is InChI=1S/C22H19ClF3N3O/c1-11-6-15(27-22(30)12-4-3-5-14(23)7-12)10-16-20(11)28-29(2)21(16)13-8-17(24)19(26)18(25)9-13/h3-5,7-9,11,15H,6,10H2,1-2H3,(H,27,30). The average Bonchev–Trinajstić information content (AvgIpc) is 3.02. The summed E-state index contributed by atoms with van der Waals surface area (Å²) in [7, 11) is 1.68. The Kier molecular flexibility index (Phi) is 5.32. The van der Waals surface area contributed by atoms with Crippen molar-refractivity contribution in [3.05, 3.63) is 75.7 Å². The molecule has 0 aliphatic heterocycles. The monoisotopic (exact) mass is 433 g/mol. The van der Waals surface area contributed by atoms with Gasteiger partial charge in [-0.15, -0.1) is 0 Å². The van der Waals surface area contributed by atoms with E-state index in [4.69, 9.17) is 11.6 Å². The molecule has 0 saturated carbocycles. The van der Waals surface area contributed by atoms with E-state index >= 15 is 0 Å². The van der Waals surface area contributed by atoms with Crippen LogP contribution in [0.3, 0.4) is 0 Å². The average molecular weight is 434 g/mol. The number of carbonyl (C=O) groups excluding carboxylic acids is 1. The summed E-state index contributed by atoms with van der Waals surface area (Å²) < 4.78 is 42.6. The molecule has 4 nitrogen and oxygen atoms in total. The quantitative estimate of drug-likeness (QED) is 0.590. The SMILES string of the molecule is CC1CC(NC(=O)c2cccc(Cl)c2)Cc2c1nn(C)c2-c1cc(F)c(F)c(F)c1. The van der Waals surface area contributed by atoms with Crippen molar-refractivity contribution < 1.29 is 18.0 Å². The molecule has 1 heterocycles. The molecule has 2 unspecified atom stereocenters. The fourth-order valence-corrected chi connectivity index (χ4v) is 4.31. The molecule has 8 heteroatoms. The molecule has 30 heavy (non-hydrogen) atoms. The summed E-state index contributed by atoms with van der Waals surface area (Å²) in [5, 5.41) is 8.00. The number of hydrogen-bond acceptors (Lipinski definition) is 2. The zero-order valence-corrected chi connectivity index (χ0v) is 17.1. The van der Waals surface area contributed by atoms with E-state index in [1.165, 1.54) is 0 Å². The third-order valence-electron chi connectivity index (χ3n) is 5.41. The fourth-order valence-electron chi connectivity index (χ4n) is 4.12. The zero-order valence-electron chi connectivity index (χ0n) is 16.3. The van der Waals surface area contributed by atoms with Crippen LogP contribution in [0, 0.1) is 17.5 Å². The van der Waals surface area contributed by atoms with E-state index in [0.29, 0.717) is 29.1 Å². The van der Waals surface area contributed by atoms with Gasteiger partial charge in [-0.3, -0.25) is 9.48 Å². The second-order valence-corrected chi connectivity index (χ2v) is 8.05. The number of halogens is 4. The maximum Gasteiger partial charge on any atom is 0.251 e. The van der Waals surface area contributed by atoms with Gasteiger partial charge in [-0.2, -0.15) is 5.10 Å². The van der Waals surface area contributed by atoms with Crippen LogP contribution in [0.15, 0.2) is 36.4 Å². The minimum Gasteiger partial charge on any atom is -0.349 e. The first-order chi connectivity index (χ1) is 14.2. The second kappa shape index (κ2) is 7.80. The molecule has 2 aromatic carbocycles. The van der Waals surface area contributed by atoms with E-state index in [2.05, 4.69) is 10.4 Å². The van der Waals surface area contributed by atoms with Crippen LogP contribution >= 0.6 is 11.6 Å². The number of nitrogens with zero attached hydrogens (tertiary/aromatic N) is 2. The first kappa shape index (κ1) is 20.5. The third-order valence-corrected chi connectivity index (χ3v) is 5.65. The second-order valence-electron chi connectivity index (χ2n) is 7.61. The highest BCUT2D eigenvalue weighted by Gasteiger charge is 2.32. The van der Waals surface area contributed by atoms with E-state index in [-0.39, 0.29) is 23.4 Å². The maximum atomic E-state index is 13.8. The molecule has 1 aliphatic rings. The van der Waals surface area contributed by atoms with Crippen molar-refractivity contribution >= 4 is 17.5 Å². The number of carbonyl (C=O) groups is 1. The lowest BCUT2D eigenvalue weighted by Gasteiger charge is -2.27. The Morgan fingerprint density at radius 2 is 1.90 bits per heavy atom. The van der Waals surface area contributed by atoms with Crippen LogP contribution in [0.2, 0.25) is 5.02 Å². The number of amides is 1. The lowest BCUT2D eigenvalue weighted by Crippen LogP contribution is -2.39. The molecule has 4 rings (SSSR count). The predicted molar refractivity (Wildman–Crippen MR) is 108 cm³/mol. The first-order valence-corrected chi connectivity index (χ1v) is 9.89. The molecule has 0 spiro atoms. The lowest BCUT2D eigenvalue weighted by atomic mass is 9.83. The number of nitrogens with one attached hydrogen (secondary N) is 1. The van der Waals surface area contributed by atoms with Gasteiger partial charge in [0.15, 0.2) is 17.5 Å². The van der Waals surface area contributed by atoms with Crippen LogP contribution in [0.25, 0.3) is 11.3 Å². The van der Waals surface area contributed by atoms with Crippen molar-refractivity contribution in [2.75, 3.05) is 0 Å². The highest BCUT2D eigenvalue weighted by atomic mass is 35.5. The van der Waals surface area contributed by atoms with Gasteiger partial charge in [0.05, 0.1) is 11.4 Å². The van der Waals surface area contributed by atoms with Crippen LogP contribution < -0.4 is 5.32 Å². The Bertz CT molecular complexity index is 1120. The predicted octanol–water partition coefficient (Wildman–Crippen LogP) is 5.01. The van der Waals surface area contributed by atoms with Gasteiger partial charge in [0, 0.05) is 40.7 Å². The summed E-state index contributed by atoms with van der Waals surface area (Å²) in [5.41, 5.74) is 2.77. The summed E-state index contributed by atoms with van der Waals surface area (Å²) in [6.45, 7) is 1.99. The molecule has 1 aromatic heterocycles. The Hall–Kier alpha value is -2.80. The summed E-state index contributed by atoms with van der Waals surface area (Å²) in [6.07, 6.45) is 1.11. The number of aromatic nitrogens is 2. The van der Waals surface area contributed by atoms with Crippen molar-refractivity contribution in [1.82, 2.24) is 15.1 Å². The number of hydrogen-bond donors (Lipinski definition) is 1. The van der Waals surface area contributed by atoms with Crippen LogP contribution in [0.1, 0.15) is 40.9 Å². The summed E-state index contributed by atoms with van der Waals surface area (Å²) in [5.74, 6) is -4.24. The smallest absolute Gasteiger partial charge is 0.251 e. The van der Waals surface area contributed by atoms with Gasteiger partial charge in [0.25, 0.3) is 5.91 Å². The molecular weight excluding hydrogens is 415 g/mol. The molecule has 1 amide bonds. The summed E-state index contributed by atoms with van der Waals surface area (Å²) >= 11 is 5.97. The number of benzene rings is 2. The molecule has 0 saturated heterocycles. The van der Waals surface area contributed by atoms with E-state index in [1.807, 2.05) is 6.92 Å². The van der Waals surface area contributed by atoms with E-state index < -0.39 is 17.5 Å². The van der Waals surface area contributed by atoms with Gasteiger partial charge in [-0.25, -0.2) is 13.2 Å². The molecule has 156 valence electrons. The van der Waals surface area contributed by atoms with Crippen LogP contribution in [0.4, 0.5) is 13.2 Å². The number of fused-ring (bicyclic) bond motifs is 1. The van der Waals surface area contributed by atoms with Crippen molar-refractivity contribution in [2.24, 2.45) is 7.05 Å². The molecule has 1 N–H and O–H groups in total. The van der Waals surface area contributed by atoms with Crippen molar-refractivity contribution in [1.29, 1.82) is 0 Å². The molecule has 0 radical (unpaired) electrons. The highest BCUT2D eigenvalue weighted by molar-refractivity contribution is 6.30. The van der Waals surface area contributed by atoms with Crippen LogP contribution in [0.5, 0.6) is 0 Å². The van der Waals surface area contributed by atoms with Gasteiger partial charge in [0.2, 0.25) is 0 Å². The molecule has 0 fully saturated rings. The topological polar surface area (TPSA) is 46.9 Å². The van der Waals surface area contributed by atoms with Gasteiger partial charge < -0.3 is 5.32 Å². The number of aryl methyl sites for hydroxylation is 1. The Morgan fingerprint density at radius 1 is 1.20 bits per heavy atom. The van der Waals surface area contributed by atoms with Gasteiger partial charge >= 0.3 is 0 Å². The largest absolute Gasteiger partial charge is 0.349 e. The lowest BCUT2D eigenvalue weighted by molar-refractivity contribution is 0.0932. The minimum absolute atomic E-state index is 0.0218. The number of rotatable bonds is 3. The van der Waals surface area contributed by atoms with Crippen molar-refractivity contribution in [2.45, 2.75) is 31.7 Å². The normalized spacial score (nSPS) is 18.2. The van der Waals surface area contributed by atoms with Crippen LogP contribution in [-0.4, -0.2) is 21.7 Å². The fraction of sp³-hybridized carbons (Fsp3) is 0.273. The molecular formula is C22H19ClF3N3O. The summed E-state index contributed by atoms with van der Waals surface area (Å²) in [6, 6.07) is 8.40. The van der Waals surface area contributed by atoms with E-state index in [1.54, 1.807) is 36.0 Å². The zero-order chi connectivity index (χ0) is 21.6. The van der Waals surface area contributed by atoms with Gasteiger partial charge in [0.1, 0.15) is 0 Å². The van der Waals surface area contributed by atoms with Crippen LogP contribution in [-0.2, 0) is 13.5 Å². The maximum absolute atomic E-state index is 13.8. The van der Waals surface area contributed by atoms with E-state index in [9.17, 15) is 18.0 Å². The Balaban J connectivity index is 1.66. The minimum atomic E-state index is -1.50. The molecule has 3 aromatic rings. The highest BCUT2D eigenvalue weighted by Crippen LogP contribution is 2.37. The Labute approximate surface area is 176 Å². The van der Waals surface area contributed by atoms with Gasteiger partial charge in [-0.05, 0) is 43.2 Å². The molecule has 0 bridgehead atoms. The first-order valence-electron chi connectivity index (χ1n) is 9.51. The Morgan fingerprint density at radius 3 is 2.57 bits per heavy atom.